The molecule has 0 saturated carbocycles. The molecule has 26 heavy (non-hydrogen) atoms. The topological polar surface area (TPSA) is 83.6 Å². The van der Waals surface area contributed by atoms with Crippen LogP contribution in [0, 0.1) is 13.8 Å². The average molecular weight is 374 g/mol. The fourth-order valence-electron chi connectivity index (χ4n) is 2.68. The summed E-state index contributed by atoms with van der Waals surface area (Å²) < 4.78 is 5.33. The second kappa shape index (κ2) is 8.29. The van der Waals surface area contributed by atoms with Gasteiger partial charge >= 0.3 is 0 Å². The van der Waals surface area contributed by atoms with Gasteiger partial charge in [-0.25, -0.2) is 4.98 Å². The van der Waals surface area contributed by atoms with Crippen LogP contribution in [0.2, 0.25) is 0 Å². The number of carbonyl (C=O) groups is 2. The van der Waals surface area contributed by atoms with Gasteiger partial charge in [-0.3, -0.25) is 20.4 Å². The fraction of sp³-hybridized carbons (Fsp3) is 0.389. The standard InChI is InChI=1S/C18H22N4O3S/c1-12-4-3-5-15(13(12)2)17(24)21-20-16(23)10-14-11-26-18(19-14)22-6-8-25-9-7-22/h3-5,11H,6-10H2,1-2H3,(H,20,23)(H,21,24). The Morgan fingerprint density at radius 3 is 2.77 bits per heavy atom. The molecule has 0 unspecified atom stereocenters. The van der Waals surface area contributed by atoms with Crippen LogP contribution < -0.4 is 15.8 Å². The largest absolute Gasteiger partial charge is 0.378 e. The molecule has 0 aliphatic carbocycles. The lowest BCUT2D eigenvalue weighted by Crippen LogP contribution is -2.42. The Labute approximate surface area is 156 Å². The number of hydrogen-bond acceptors (Lipinski definition) is 6. The number of amides is 2. The predicted octanol–water partition coefficient (Wildman–Crippen LogP) is 1.60. The number of anilines is 1. The average Bonchev–Trinajstić information content (AvgIpc) is 3.11. The van der Waals surface area contributed by atoms with Crippen molar-refractivity contribution in [3.63, 3.8) is 0 Å². The lowest BCUT2D eigenvalue weighted by atomic mass is 10.0. The first-order chi connectivity index (χ1) is 12.5. The number of carbonyl (C=O) groups excluding carboxylic acids is 2. The van der Waals surface area contributed by atoms with Crippen molar-refractivity contribution in [3.05, 3.63) is 46.0 Å². The molecule has 1 aliphatic rings. The van der Waals surface area contributed by atoms with Crippen LogP contribution in [0.1, 0.15) is 27.2 Å². The summed E-state index contributed by atoms with van der Waals surface area (Å²) in [6.07, 6.45) is 0.119. The van der Waals surface area contributed by atoms with Gasteiger partial charge in [0.25, 0.3) is 5.91 Å². The zero-order chi connectivity index (χ0) is 18.5. The zero-order valence-electron chi connectivity index (χ0n) is 14.9. The van der Waals surface area contributed by atoms with Crippen LogP contribution in [-0.2, 0) is 16.0 Å². The van der Waals surface area contributed by atoms with Crippen LogP contribution in [0.4, 0.5) is 5.13 Å². The lowest BCUT2D eigenvalue weighted by molar-refractivity contribution is -0.121. The molecular weight excluding hydrogens is 352 g/mol. The van der Waals surface area contributed by atoms with E-state index in [1.807, 2.05) is 31.4 Å². The van der Waals surface area contributed by atoms with Gasteiger partial charge in [-0.15, -0.1) is 11.3 Å². The van der Waals surface area contributed by atoms with E-state index in [1.54, 1.807) is 6.07 Å². The van der Waals surface area contributed by atoms with Crippen molar-refractivity contribution in [1.29, 1.82) is 0 Å². The summed E-state index contributed by atoms with van der Waals surface area (Å²) in [5.74, 6) is -0.630. The number of aromatic nitrogens is 1. The van der Waals surface area contributed by atoms with Gasteiger partial charge in [-0.1, -0.05) is 12.1 Å². The van der Waals surface area contributed by atoms with E-state index in [4.69, 9.17) is 4.74 Å². The van der Waals surface area contributed by atoms with E-state index in [0.29, 0.717) is 24.5 Å². The van der Waals surface area contributed by atoms with Crippen molar-refractivity contribution in [2.24, 2.45) is 0 Å². The van der Waals surface area contributed by atoms with Crippen LogP contribution in [0.3, 0.4) is 0 Å². The Morgan fingerprint density at radius 2 is 2.00 bits per heavy atom. The first-order valence-electron chi connectivity index (χ1n) is 8.47. The summed E-state index contributed by atoms with van der Waals surface area (Å²) in [5.41, 5.74) is 8.09. The third-order valence-corrected chi connectivity index (χ3v) is 5.28. The van der Waals surface area contributed by atoms with Gasteiger partial charge in [0.2, 0.25) is 5.91 Å². The number of rotatable bonds is 4. The number of hydrazine groups is 1. The number of aryl methyl sites for hydroxylation is 1. The first kappa shape index (κ1) is 18.3. The lowest BCUT2D eigenvalue weighted by Gasteiger charge is -2.26. The van der Waals surface area contributed by atoms with Gasteiger partial charge in [-0.05, 0) is 31.0 Å². The number of thiazole rings is 1. The third-order valence-electron chi connectivity index (χ3n) is 4.33. The highest BCUT2D eigenvalue weighted by atomic mass is 32.1. The SMILES string of the molecule is Cc1cccc(C(=O)NNC(=O)Cc2csc(N3CCOCC3)n2)c1C. The smallest absolute Gasteiger partial charge is 0.269 e. The second-order valence-electron chi connectivity index (χ2n) is 6.15. The van der Waals surface area contributed by atoms with E-state index in [9.17, 15) is 9.59 Å². The van der Waals surface area contributed by atoms with Gasteiger partial charge in [0.15, 0.2) is 5.13 Å². The van der Waals surface area contributed by atoms with Crippen molar-refractivity contribution in [1.82, 2.24) is 15.8 Å². The van der Waals surface area contributed by atoms with Gasteiger partial charge < -0.3 is 9.64 Å². The maximum Gasteiger partial charge on any atom is 0.269 e. The second-order valence-corrected chi connectivity index (χ2v) is 6.98. The minimum Gasteiger partial charge on any atom is -0.378 e. The molecule has 0 radical (unpaired) electrons. The highest BCUT2D eigenvalue weighted by Crippen LogP contribution is 2.21. The molecule has 138 valence electrons. The van der Waals surface area contributed by atoms with E-state index < -0.39 is 0 Å². The van der Waals surface area contributed by atoms with Crippen molar-refractivity contribution >= 4 is 28.3 Å². The Hall–Kier alpha value is -2.45. The molecule has 1 aromatic carbocycles. The highest BCUT2D eigenvalue weighted by molar-refractivity contribution is 7.13. The summed E-state index contributed by atoms with van der Waals surface area (Å²) >= 11 is 1.51. The number of morpholine rings is 1. The molecule has 0 atom stereocenters. The molecule has 0 bridgehead atoms. The number of ether oxygens (including phenoxy) is 1. The van der Waals surface area contributed by atoms with Crippen molar-refractivity contribution in [2.45, 2.75) is 20.3 Å². The molecule has 1 aliphatic heterocycles. The molecule has 8 heteroatoms. The van der Waals surface area contributed by atoms with Crippen LogP contribution in [0.5, 0.6) is 0 Å². The van der Waals surface area contributed by atoms with Gasteiger partial charge in [0, 0.05) is 24.0 Å². The van der Waals surface area contributed by atoms with Crippen molar-refractivity contribution < 1.29 is 14.3 Å². The number of benzene rings is 1. The van der Waals surface area contributed by atoms with E-state index in [-0.39, 0.29) is 18.2 Å². The van der Waals surface area contributed by atoms with E-state index in [2.05, 4.69) is 20.7 Å². The molecular formula is C18H22N4O3S. The molecule has 1 fully saturated rings. The summed E-state index contributed by atoms with van der Waals surface area (Å²) in [4.78, 5) is 31.0. The Morgan fingerprint density at radius 1 is 1.23 bits per heavy atom. The summed E-state index contributed by atoms with van der Waals surface area (Å²) in [6.45, 7) is 6.84. The van der Waals surface area contributed by atoms with Gasteiger partial charge in [0.05, 0.1) is 25.3 Å². The quantitative estimate of drug-likeness (QED) is 0.795. The van der Waals surface area contributed by atoms with Crippen LogP contribution in [0.25, 0.3) is 0 Å². The Bertz CT molecular complexity index is 799. The normalized spacial score (nSPS) is 14.2. The van der Waals surface area contributed by atoms with Crippen LogP contribution >= 0.6 is 11.3 Å². The molecule has 0 spiro atoms. The number of hydrogen-bond donors (Lipinski definition) is 2. The molecule has 1 saturated heterocycles. The molecule has 2 aromatic rings. The molecule has 1 aromatic heterocycles. The summed E-state index contributed by atoms with van der Waals surface area (Å²) in [7, 11) is 0. The molecule has 7 nitrogen and oxygen atoms in total. The van der Waals surface area contributed by atoms with E-state index >= 15 is 0 Å². The van der Waals surface area contributed by atoms with Crippen molar-refractivity contribution in [2.75, 3.05) is 31.2 Å². The number of nitrogens with zero attached hydrogens (tertiary/aromatic N) is 2. The van der Waals surface area contributed by atoms with E-state index in [1.165, 1.54) is 11.3 Å². The Balaban J connectivity index is 1.52. The summed E-state index contributed by atoms with van der Waals surface area (Å²) in [6, 6.07) is 5.50. The van der Waals surface area contributed by atoms with E-state index in [0.717, 1.165) is 29.3 Å². The maximum absolute atomic E-state index is 12.2. The van der Waals surface area contributed by atoms with Gasteiger partial charge in [0.1, 0.15) is 0 Å². The van der Waals surface area contributed by atoms with Gasteiger partial charge in [-0.2, -0.15) is 0 Å². The first-order valence-corrected chi connectivity index (χ1v) is 9.35. The maximum atomic E-state index is 12.2. The third kappa shape index (κ3) is 4.39. The number of nitrogens with one attached hydrogen (secondary N) is 2. The van der Waals surface area contributed by atoms with Crippen molar-refractivity contribution in [3.8, 4) is 0 Å². The van der Waals surface area contributed by atoms with Crippen LogP contribution in [0.15, 0.2) is 23.6 Å². The molecule has 2 N–H and O–H groups in total. The van der Waals surface area contributed by atoms with Crippen LogP contribution in [-0.4, -0.2) is 43.1 Å². The minimum absolute atomic E-state index is 0.119. The molecule has 2 heterocycles. The minimum atomic E-state index is -0.327. The Kier molecular flexibility index (Phi) is 5.85. The molecule has 3 rings (SSSR count). The monoisotopic (exact) mass is 374 g/mol. The molecule has 2 amide bonds. The summed E-state index contributed by atoms with van der Waals surface area (Å²) in [5, 5.41) is 2.77. The zero-order valence-corrected chi connectivity index (χ0v) is 15.7. The fourth-order valence-corrected chi connectivity index (χ4v) is 3.56. The highest BCUT2D eigenvalue weighted by Gasteiger charge is 2.16. The predicted molar refractivity (Wildman–Crippen MR) is 100 cm³/mol.